The molecule has 9 heteroatoms. The third kappa shape index (κ3) is 5.42. The van der Waals surface area contributed by atoms with Gasteiger partial charge in [0.15, 0.2) is 5.96 Å². The van der Waals surface area contributed by atoms with E-state index in [1.165, 1.54) is 11.1 Å². The SMILES string of the molecule is CN=C(NCc1ccc(CN2CCOCC2)cc1)N1CCN(c2cnn(C)c2)C(=O)C1. The Morgan fingerprint density at radius 3 is 2.52 bits per heavy atom. The Kier molecular flexibility index (Phi) is 6.83. The van der Waals surface area contributed by atoms with Gasteiger partial charge in [-0.15, -0.1) is 0 Å². The molecule has 2 saturated heterocycles. The summed E-state index contributed by atoms with van der Waals surface area (Å²) in [7, 11) is 3.61. The molecule has 0 aliphatic carbocycles. The van der Waals surface area contributed by atoms with Crippen molar-refractivity contribution in [1.82, 2.24) is 24.9 Å². The monoisotopic (exact) mass is 425 g/mol. The lowest BCUT2D eigenvalue weighted by Crippen LogP contribution is -2.55. The highest BCUT2D eigenvalue weighted by Gasteiger charge is 2.27. The Balaban J connectivity index is 1.28. The summed E-state index contributed by atoms with van der Waals surface area (Å²) in [5.41, 5.74) is 3.34. The second kappa shape index (κ2) is 9.93. The molecule has 4 rings (SSSR count). The number of aromatic nitrogens is 2. The van der Waals surface area contributed by atoms with E-state index in [1.54, 1.807) is 22.8 Å². The minimum absolute atomic E-state index is 0.0506. The highest BCUT2D eigenvalue weighted by Crippen LogP contribution is 2.16. The van der Waals surface area contributed by atoms with Crippen molar-refractivity contribution in [2.45, 2.75) is 13.1 Å². The molecule has 166 valence electrons. The molecule has 1 N–H and O–H groups in total. The Hall–Kier alpha value is -2.91. The normalized spacial score (nSPS) is 18.5. The number of morpholine rings is 1. The van der Waals surface area contributed by atoms with Crippen LogP contribution in [0.4, 0.5) is 5.69 Å². The minimum Gasteiger partial charge on any atom is -0.379 e. The van der Waals surface area contributed by atoms with Crippen LogP contribution in [-0.2, 0) is 29.7 Å². The summed E-state index contributed by atoms with van der Waals surface area (Å²) >= 11 is 0. The number of piperazine rings is 1. The molecule has 0 spiro atoms. The molecular formula is C22H31N7O2. The first-order chi connectivity index (χ1) is 15.1. The maximum absolute atomic E-state index is 12.7. The van der Waals surface area contributed by atoms with Crippen LogP contribution in [0.25, 0.3) is 0 Å². The number of hydrogen-bond donors (Lipinski definition) is 1. The van der Waals surface area contributed by atoms with Gasteiger partial charge in [-0.3, -0.25) is 19.4 Å². The smallest absolute Gasteiger partial charge is 0.246 e. The van der Waals surface area contributed by atoms with E-state index in [1.807, 2.05) is 18.1 Å². The topological polar surface area (TPSA) is 78.2 Å². The van der Waals surface area contributed by atoms with E-state index in [0.717, 1.165) is 51.0 Å². The Labute approximate surface area is 183 Å². The fourth-order valence-electron chi connectivity index (χ4n) is 3.97. The Morgan fingerprint density at radius 2 is 1.87 bits per heavy atom. The van der Waals surface area contributed by atoms with Gasteiger partial charge in [-0.05, 0) is 11.1 Å². The summed E-state index contributed by atoms with van der Waals surface area (Å²) < 4.78 is 7.12. The first-order valence-corrected chi connectivity index (χ1v) is 10.7. The van der Waals surface area contributed by atoms with Crippen LogP contribution >= 0.6 is 0 Å². The van der Waals surface area contributed by atoms with Crippen molar-refractivity contribution in [3.8, 4) is 0 Å². The van der Waals surface area contributed by atoms with Crippen molar-refractivity contribution < 1.29 is 9.53 Å². The number of aryl methyl sites for hydroxylation is 1. The number of nitrogens with zero attached hydrogens (tertiary/aromatic N) is 6. The van der Waals surface area contributed by atoms with Crippen LogP contribution in [0.3, 0.4) is 0 Å². The second-order valence-corrected chi connectivity index (χ2v) is 7.94. The second-order valence-electron chi connectivity index (χ2n) is 7.94. The van der Waals surface area contributed by atoms with Gasteiger partial charge in [-0.25, -0.2) is 0 Å². The first-order valence-electron chi connectivity index (χ1n) is 10.7. The van der Waals surface area contributed by atoms with E-state index in [9.17, 15) is 4.79 Å². The standard InChI is InChI=1S/C22H31N7O2/c1-23-22(28-7-8-29(21(30)17-28)20-14-25-26(2)16-20)24-13-18-3-5-19(6-4-18)15-27-9-11-31-12-10-27/h3-6,14,16H,7-13,15,17H2,1-2H3,(H,23,24). The van der Waals surface area contributed by atoms with Crippen LogP contribution in [0, 0.1) is 0 Å². The lowest BCUT2D eigenvalue weighted by atomic mass is 10.1. The van der Waals surface area contributed by atoms with E-state index >= 15 is 0 Å². The molecule has 1 aromatic heterocycles. The maximum atomic E-state index is 12.7. The number of aliphatic imine (C=N–C) groups is 1. The number of amides is 1. The van der Waals surface area contributed by atoms with Crippen LogP contribution < -0.4 is 10.2 Å². The molecule has 0 radical (unpaired) electrons. The number of anilines is 1. The summed E-state index contributed by atoms with van der Waals surface area (Å²) in [6, 6.07) is 8.68. The van der Waals surface area contributed by atoms with Gasteiger partial charge in [0, 0.05) is 59.6 Å². The van der Waals surface area contributed by atoms with E-state index < -0.39 is 0 Å². The predicted octanol–water partition coefficient (Wildman–Crippen LogP) is 0.677. The minimum atomic E-state index is 0.0506. The number of nitrogens with one attached hydrogen (secondary N) is 1. The average molecular weight is 426 g/mol. The molecule has 2 aliphatic heterocycles. The molecule has 2 aliphatic rings. The third-order valence-electron chi connectivity index (χ3n) is 5.72. The molecule has 1 aromatic carbocycles. The van der Waals surface area contributed by atoms with Crippen LogP contribution in [0.1, 0.15) is 11.1 Å². The van der Waals surface area contributed by atoms with Crippen molar-refractivity contribution in [3.05, 3.63) is 47.8 Å². The van der Waals surface area contributed by atoms with Gasteiger partial charge in [0.1, 0.15) is 6.54 Å². The van der Waals surface area contributed by atoms with Crippen molar-refractivity contribution in [3.63, 3.8) is 0 Å². The number of ether oxygens (including phenoxy) is 1. The molecule has 0 atom stereocenters. The van der Waals surface area contributed by atoms with Gasteiger partial charge in [-0.2, -0.15) is 5.10 Å². The molecular weight excluding hydrogens is 394 g/mol. The summed E-state index contributed by atoms with van der Waals surface area (Å²) in [5, 5.41) is 7.56. The van der Waals surface area contributed by atoms with Gasteiger partial charge < -0.3 is 19.9 Å². The van der Waals surface area contributed by atoms with Gasteiger partial charge in [0.05, 0.1) is 25.1 Å². The number of rotatable bonds is 5. The van der Waals surface area contributed by atoms with Gasteiger partial charge in [0.25, 0.3) is 0 Å². The van der Waals surface area contributed by atoms with E-state index in [4.69, 9.17) is 4.74 Å². The Bertz CT molecular complexity index is 903. The molecule has 0 unspecified atom stereocenters. The Morgan fingerprint density at radius 1 is 1.13 bits per heavy atom. The number of hydrogen-bond acceptors (Lipinski definition) is 5. The zero-order valence-electron chi connectivity index (χ0n) is 18.3. The fraction of sp³-hybridized carbons (Fsp3) is 0.500. The number of guanidine groups is 1. The van der Waals surface area contributed by atoms with E-state index in [0.29, 0.717) is 19.6 Å². The van der Waals surface area contributed by atoms with E-state index in [-0.39, 0.29) is 5.91 Å². The van der Waals surface area contributed by atoms with Gasteiger partial charge in [0.2, 0.25) is 5.91 Å². The quantitative estimate of drug-likeness (QED) is 0.561. The van der Waals surface area contributed by atoms with Gasteiger partial charge in [-0.1, -0.05) is 24.3 Å². The number of carbonyl (C=O) groups is 1. The molecule has 3 heterocycles. The fourth-order valence-corrected chi connectivity index (χ4v) is 3.97. The molecule has 9 nitrogen and oxygen atoms in total. The highest BCUT2D eigenvalue weighted by atomic mass is 16.5. The predicted molar refractivity (Wildman–Crippen MR) is 120 cm³/mol. The lowest BCUT2D eigenvalue weighted by molar-refractivity contribution is -0.120. The maximum Gasteiger partial charge on any atom is 0.246 e. The lowest BCUT2D eigenvalue weighted by Gasteiger charge is -2.35. The summed E-state index contributed by atoms with van der Waals surface area (Å²) in [6.45, 7) is 6.88. The van der Waals surface area contributed by atoms with Crippen molar-refractivity contribution in [2.24, 2.45) is 12.0 Å². The summed E-state index contributed by atoms with van der Waals surface area (Å²) in [6.07, 6.45) is 3.59. The zero-order chi connectivity index (χ0) is 21.6. The molecule has 1 amide bonds. The third-order valence-corrected chi connectivity index (χ3v) is 5.72. The molecule has 0 bridgehead atoms. The average Bonchev–Trinajstić information content (AvgIpc) is 3.22. The van der Waals surface area contributed by atoms with Crippen LogP contribution in [0.15, 0.2) is 41.7 Å². The van der Waals surface area contributed by atoms with E-state index in [2.05, 4.69) is 44.6 Å². The van der Waals surface area contributed by atoms with Gasteiger partial charge >= 0.3 is 0 Å². The summed E-state index contributed by atoms with van der Waals surface area (Å²) in [4.78, 5) is 23.2. The van der Waals surface area contributed by atoms with Crippen molar-refractivity contribution in [1.29, 1.82) is 0 Å². The molecule has 2 aromatic rings. The van der Waals surface area contributed by atoms with Crippen LogP contribution in [-0.4, -0.2) is 84.4 Å². The zero-order valence-corrected chi connectivity index (χ0v) is 18.3. The highest BCUT2D eigenvalue weighted by molar-refractivity contribution is 5.98. The molecule has 0 saturated carbocycles. The number of benzene rings is 1. The largest absolute Gasteiger partial charge is 0.379 e. The first kappa shape index (κ1) is 21.3. The number of carbonyl (C=O) groups excluding carboxylic acids is 1. The van der Waals surface area contributed by atoms with Crippen molar-refractivity contribution >= 4 is 17.6 Å². The van der Waals surface area contributed by atoms with Crippen LogP contribution in [0.5, 0.6) is 0 Å². The van der Waals surface area contributed by atoms with Crippen molar-refractivity contribution in [2.75, 3.05) is 57.9 Å². The molecule has 31 heavy (non-hydrogen) atoms. The van der Waals surface area contributed by atoms with Crippen LogP contribution in [0.2, 0.25) is 0 Å². The molecule has 2 fully saturated rings. The summed E-state index contributed by atoms with van der Waals surface area (Å²) in [5.74, 6) is 0.797.